The SMILES string of the molecule is CCCCCCCCCCCC[N+](C)(C)CCOC(=O)CC(C)OS(=O)(=O)O. The lowest BCUT2D eigenvalue weighted by atomic mass is 10.1. The molecule has 28 heavy (non-hydrogen) atoms. The Morgan fingerprint density at radius 2 is 1.43 bits per heavy atom. The van der Waals surface area contributed by atoms with Gasteiger partial charge in [0.1, 0.15) is 13.2 Å². The van der Waals surface area contributed by atoms with Crippen LogP contribution in [-0.2, 0) is 24.1 Å². The van der Waals surface area contributed by atoms with E-state index >= 15 is 0 Å². The zero-order valence-corrected chi connectivity index (χ0v) is 19.1. The van der Waals surface area contributed by atoms with Gasteiger partial charge in [-0.2, -0.15) is 8.42 Å². The summed E-state index contributed by atoms with van der Waals surface area (Å²) in [7, 11) is -0.315. The molecule has 1 atom stereocenters. The van der Waals surface area contributed by atoms with Crippen LogP contribution in [0.2, 0.25) is 0 Å². The van der Waals surface area contributed by atoms with Gasteiger partial charge in [-0.05, 0) is 19.8 Å². The van der Waals surface area contributed by atoms with Gasteiger partial charge in [0.25, 0.3) is 0 Å². The number of hydrogen-bond donors (Lipinski definition) is 1. The number of quaternary nitrogens is 1. The summed E-state index contributed by atoms with van der Waals surface area (Å²) in [5, 5.41) is 0. The van der Waals surface area contributed by atoms with Crippen LogP contribution in [0.1, 0.15) is 84.5 Å². The Labute approximate surface area is 172 Å². The number of likely N-dealkylation sites (N-methyl/N-ethyl adjacent to an activating group) is 1. The highest BCUT2D eigenvalue weighted by Gasteiger charge is 2.19. The fourth-order valence-electron chi connectivity index (χ4n) is 3.08. The van der Waals surface area contributed by atoms with Crippen LogP contribution in [0.15, 0.2) is 0 Å². The van der Waals surface area contributed by atoms with Gasteiger partial charge in [-0.3, -0.25) is 9.35 Å². The Morgan fingerprint density at radius 3 is 1.93 bits per heavy atom. The number of carbonyl (C=O) groups is 1. The van der Waals surface area contributed by atoms with Crippen LogP contribution < -0.4 is 0 Å². The number of hydrogen-bond acceptors (Lipinski definition) is 5. The van der Waals surface area contributed by atoms with Gasteiger partial charge in [0.15, 0.2) is 0 Å². The molecule has 0 aromatic carbocycles. The summed E-state index contributed by atoms with van der Waals surface area (Å²) < 4.78 is 40.0. The zero-order chi connectivity index (χ0) is 21.5. The third-order valence-electron chi connectivity index (χ3n) is 4.82. The first-order chi connectivity index (χ1) is 13.1. The largest absolute Gasteiger partial charge is 0.460 e. The quantitative estimate of drug-likeness (QED) is 0.154. The average Bonchev–Trinajstić information content (AvgIpc) is 2.54. The highest BCUT2D eigenvalue weighted by Crippen LogP contribution is 2.12. The summed E-state index contributed by atoms with van der Waals surface area (Å²) in [6, 6.07) is 0. The average molecular weight is 425 g/mol. The Balaban J connectivity index is 3.70. The highest BCUT2D eigenvalue weighted by molar-refractivity contribution is 7.80. The molecule has 0 amide bonds. The Kier molecular flexibility index (Phi) is 14.8. The van der Waals surface area contributed by atoms with Crippen molar-refractivity contribution in [2.75, 3.05) is 33.8 Å². The maximum Gasteiger partial charge on any atom is 0.397 e. The molecule has 0 heterocycles. The van der Waals surface area contributed by atoms with Crippen molar-refractivity contribution in [2.45, 2.75) is 90.6 Å². The van der Waals surface area contributed by atoms with Gasteiger partial charge < -0.3 is 9.22 Å². The van der Waals surface area contributed by atoms with Crippen LogP contribution in [-0.4, -0.2) is 63.3 Å². The Morgan fingerprint density at radius 1 is 0.929 bits per heavy atom. The zero-order valence-electron chi connectivity index (χ0n) is 18.3. The lowest BCUT2D eigenvalue weighted by Crippen LogP contribution is -2.43. The third kappa shape index (κ3) is 18.7. The molecule has 0 aliphatic carbocycles. The van der Waals surface area contributed by atoms with E-state index in [0.29, 0.717) is 6.54 Å². The molecule has 1 N–H and O–H groups in total. The van der Waals surface area contributed by atoms with Gasteiger partial charge in [0, 0.05) is 0 Å². The molecule has 0 aliphatic rings. The van der Waals surface area contributed by atoms with E-state index in [1.165, 1.54) is 64.7 Å². The molecule has 0 aliphatic heterocycles. The molecule has 0 bridgehead atoms. The van der Waals surface area contributed by atoms with E-state index in [9.17, 15) is 13.2 Å². The molecule has 0 aromatic rings. The Bertz CT molecular complexity index is 507. The molecular formula is C20H42NO6S+. The third-order valence-corrected chi connectivity index (χ3v) is 5.39. The van der Waals surface area contributed by atoms with Crippen molar-refractivity contribution >= 4 is 16.4 Å². The lowest BCUT2D eigenvalue weighted by molar-refractivity contribution is -0.890. The minimum absolute atomic E-state index is 0.217. The Hall–Kier alpha value is -0.700. The number of esters is 1. The monoisotopic (exact) mass is 424 g/mol. The summed E-state index contributed by atoms with van der Waals surface area (Å²) in [6.45, 7) is 5.66. The van der Waals surface area contributed by atoms with Crippen molar-refractivity contribution in [2.24, 2.45) is 0 Å². The molecule has 168 valence electrons. The van der Waals surface area contributed by atoms with E-state index in [1.807, 2.05) is 0 Å². The van der Waals surface area contributed by atoms with E-state index in [0.717, 1.165) is 17.4 Å². The van der Waals surface area contributed by atoms with E-state index < -0.39 is 22.5 Å². The number of unbranched alkanes of at least 4 members (excludes halogenated alkanes) is 9. The minimum atomic E-state index is -4.55. The molecule has 0 rings (SSSR count). The van der Waals surface area contributed by atoms with Crippen LogP contribution in [0.25, 0.3) is 0 Å². The second-order valence-electron chi connectivity index (χ2n) is 8.32. The van der Waals surface area contributed by atoms with Crippen LogP contribution >= 0.6 is 0 Å². The van der Waals surface area contributed by atoms with Crippen molar-refractivity contribution in [3.63, 3.8) is 0 Å². The van der Waals surface area contributed by atoms with E-state index in [4.69, 9.17) is 9.29 Å². The highest BCUT2D eigenvalue weighted by atomic mass is 32.3. The summed E-state index contributed by atoms with van der Waals surface area (Å²) in [6.07, 6.45) is 12.0. The van der Waals surface area contributed by atoms with Crippen molar-refractivity contribution in [1.29, 1.82) is 0 Å². The number of nitrogens with zero attached hydrogens (tertiary/aromatic N) is 1. The van der Waals surface area contributed by atoms with Gasteiger partial charge >= 0.3 is 16.4 Å². The van der Waals surface area contributed by atoms with Crippen LogP contribution in [0.5, 0.6) is 0 Å². The van der Waals surface area contributed by atoms with Gasteiger partial charge in [-0.25, -0.2) is 4.18 Å². The molecule has 0 aromatic heterocycles. The summed E-state index contributed by atoms with van der Waals surface area (Å²) in [4.78, 5) is 11.7. The van der Waals surface area contributed by atoms with Gasteiger partial charge in [0.2, 0.25) is 0 Å². The summed E-state index contributed by atoms with van der Waals surface area (Å²) in [5.41, 5.74) is 0. The maximum absolute atomic E-state index is 11.7. The van der Waals surface area contributed by atoms with Gasteiger partial charge in [0.05, 0.1) is 33.2 Å². The first-order valence-electron chi connectivity index (χ1n) is 10.7. The molecule has 0 saturated heterocycles. The van der Waals surface area contributed by atoms with E-state index in [-0.39, 0.29) is 13.0 Å². The molecule has 0 fully saturated rings. The molecule has 0 radical (unpaired) electrons. The maximum atomic E-state index is 11.7. The molecule has 1 unspecified atom stereocenters. The van der Waals surface area contributed by atoms with Crippen molar-refractivity contribution in [3.8, 4) is 0 Å². The van der Waals surface area contributed by atoms with E-state index in [1.54, 1.807) is 0 Å². The second kappa shape index (κ2) is 15.2. The van der Waals surface area contributed by atoms with Gasteiger partial charge in [-0.1, -0.05) is 58.3 Å². The number of carbonyl (C=O) groups excluding carboxylic acids is 1. The standard InChI is InChI=1S/C20H41NO6S/c1-5-6-7-8-9-10-11-12-13-14-15-21(3,4)16-17-26-20(22)18-19(2)27-28(23,24)25/h19H,5-18H2,1-4H3/p+1. The van der Waals surface area contributed by atoms with Crippen LogP contribution in [0.4, 0.5) is 0 Å². The van der Waals surface area contributed by atoms with Crippen molar-refractivity contribution in [1.82, 2.24) is 0 Å². The second-order valence-corrected chi connectivity index (χ2v) is 9.37. The summed E-state index contributed by atoms with van der Waals surface area (Å²) >= 11 is 0. The fraction of sp³-hybridized carbons (Fsp3) is 0.950. The predicted molar refractivity (Wildman–Crippen MR) is 111 cm³/mol. The van der Waals surface area contributed by atoms with E-state index in [2.05, 4.69) is 25.2 Å². The van der Waals surface area contributed by atoms with Gasteiger partial charge in [-0.15, -0.1) is 0 Å². The van der Waals surface area contributed by atoms with Crippen molar-refractivity contribution < 1.29 is 31.2 Å². The first-order valence-corrected chi connectivity index (χ1v) is 12.1. The van der Waals surface area contributed by atoms with Crippen LogP contribution in [0.3, 0.4) is 0 Å². The molecule has 0 saturated carbocycles. The number of ether oxygens (including phenoxy) is 1. The van der Waals surface area contributed by atoms with Crippen molar-refractivity contribution in [3.05, 3.63) is 0 Å². The molecular weight excluding hydrogens is 382 g/mol. The number of rotatable bonds is 18. The fourth-order valence-corrected chi connectivity index (χ4v) is 3.56. The summed E-state index contributed by atoms with van der Waals surface area (Å²) in [5.74, 6) is -0.532. The molecule has 7 nitrogen and oxygen atoms in total. The predicted octanol–water partition coefficient (Wildman–Crippen LogP) is 4.12. The topological polar surface area (TPSA) is 89.9 Å². The van der Waals surface area contributed by atoms with Crippen LogP contribution in [0, 0.1) is 0 Å². The minimum Gasteiger partial charge on any atom is -0.460 e. The normalized spacial score (nSPS) is 13.5. The molecule has 8 heteroatoms. The first kappa shape index (κ1) is 27.3. The smallest absolute Gasteiger partial charge is 0.397 e. The lowest BCUT2D eigenvalue weighted by Gasteiger charge is -2.29. The molecule has 0 spiro atoms.